The molecule has 0 bridgehead atoms. The van der Waals surface area contributed by atoms with Gasteiger partial charge in [-0.15, -0.1) is 0 Å². The predicted octanol–water partition coefficient (Wildman–Crippen LogP) is 3.65. The normalized spacial score (nSPS) is 17.6. The van der Waals surface area contributed by atoms with Crippen molar-refractivity contribution in [1.82, 2.24) is 5.32 Å². The molecule has 1 heterocycles. The van der Waals surface area contributed by atoms with E-state index < -0.39 is 12.0 Å². The van der Waals surface area contributed by atoms with Gasteiger partial charge in [0.25, 0.3) is 0 Å². The molecule has 0 spiro atoms. The van der Waals surface area contributed by atoms with Crippen LogP contribution in [0.1, 0.15) is 34.3 Å². The number of aromatic hydroxyl groups is 2. The van der Waals surface area contributed by atoms with Gasteiger partial charge in [-0.3, -0.25) is 5.32 Å². The number of rotatable bonds is 7. The van der Waals surface area contributed by atoms with E-state index in [9.17, 15) is 15.3 Å². The SMILES string of the molecule is CNCOc1cc(OC)c2c(c1)-c1c(O)cc3c(c1CC2)C(O)C(c1cc(OC)c(O)c(OC)c1)CO3. The van der Waals surface area contributed by atoms with Crippen LogP contribution in [0.15, 0.2) is 30.3 Å². The number of aliphatic hydroxyl groups is 1. The third kappa shape index (κ3) is 4.14. The summed E-state index contributed by atoms with van der Waals surface area (Å²) in [6, 6.07) is 8.66. The van der Waals surface area contributed by atoms with Gasteiger partial charge in [-0.2, -0.15) is 0 Å². The van der Waals surface area contributed by atoms with Gasteiger partial charge < -0.3 is 39.0 Å². The lowest BCUT2D eigenvalue weighted by atomic mass is 9.77. The standard InChI is InChI=1S/C28H31NO8/c1-29-13-37-15-9-18-16(21(10-15)33-2)5-6-17-25(18)20(30)11-22-26(17)27(31)19(12-36-22)14-7-23(34-3)28(32)24(8-14)35-4/h7-11,19,27,29-32H,5-6,12-13H2,1-4H3. The summed E-state index contributed by atoms with van der Waals surface area (Å²) in [5.74, 6) is 1.75. The molecule has 1 aliphatic carbocycles. The molecule has 0 radical (unpaired) electrons. The zero-order chi connectivity index (χ0) is 26.3. The van der Waals surface area contributed by atoms with Gasteiger partial charge in [0.1, 0.15) is 29.7 Å². The monoisotopic (exact) mass is 509 g/mol. The Morgan fingerprint density at radius 1 is 0.919 bits per heavy atom. The fourth-order valence-electron chi connectivity index (χ4n) is 5.37. The number of phenolic OH excluding ortho intramolecular Hbond substituents is 2. The number of fused-ring (bicyclic) bond motifs is 5. The molecule has 2 atom stereocenters. The number of benzene rings is 3. The van der Waals surface area contributed by atoms with Crippen molar-refractivity contribution < 1.29 is 39.0 Å². The Morgan fingerprint density at radius 3 is 2.24 bits per heavy atom. The molecule has 2 aliphatic rings. The molecule has 2 unspecified atom stereocenters. The fraction of sp³-hybridized carbons (Fsp3) is 0.357. The summed E-state index contributed by atoms with van der Waals surface area (Å²) in [7, 11) is 6.32. The van der Waals surface area contributed by atoms with Gasteiger partial charge in [0, 0.05) is 34.7 Å². The molecule has 0 amide bonds. The minimum absolute atomic E-state index is 0.0705. The smallest absolute Gasteiger partial charge is 0.200 e. The molecular weight excluding hydrogens is 478 g/mol. The third-order valence-electron chi connectivity index (χ3n) is 7.12. The number of hydrogen-bond acceptors (Lipinski definition) is 9. The number of ether oxygens (including phenoxy) is 5. The molecule has 3 aromatic carbocycles. The van der Waals surface area contributed by atoms with Crippen molar-refractivity contribution in [3.8, 4) is 51.4 Å². The fourth-order valence-corrected chi connectivity index (χ4v) is 5.37. The van der Waals surface area contributed by atoms with Crippen molar-refractivity contribution in [1.29, 1.82) is 0 Å². The highest BCUT2D eigenvalue weighted by molar-refractivity contribution is 5.84. The zero-order valence-corrected chi connectivity index (χ0v) is 21.3. The van der Waals surface area contributed by atoms with Crippen molar-refractivity contribution in [3.05, 3.63) is 52.6 Å². The van der Waals surface area contributed by atoms with Crippen molar-refractivity contribution in [2.45, 2.75) is 24.9 Å². The topological polar surface area (TPSA) is 119 Å². The molecule has 5 rings (SSSR count). The molecule has 3 aromatic rings. The van der Waals surface area contributed by atoms with Crippen LogP contribution in [-0.2, 0) is 12.8 Å². The van der Waals surface area contributed by atoms with E-state index in [0.29, 0.717) is 53.5 Å². The van der Waals surface area contributed by atoms with Gasteiger partial charge in [-0.05, 0) is 54.8 Å². The van der Waals surface area contributed by atoms with Crippen LogP contribution in [0.2, 0.25) is 0 Å². The van der Waals surface area contributed by atoms with Crippen LogP contribution in [0, 0.1) is 0 Å². The highest BCUT2D eigenvalue weighted by Crippen LogP contribution is 2.53. The summed E-state index contributed by atoms with van der Waals surface area (Å²) in [6.07, 6.45) is 0.317. The minimum atomic E-state index is -0.927. The summed E-state index contributed by atoms with van der Waals surface area (Å²) >= 11 is 0. The van der Waals surface area contributed by atoms with E-state index in [1.165, 1.54) is 14.2 Å². The number of methoxy groups -OCH3 is 3. The largest absolute Gasteiger partial charge is 0.507 e. The molecule has 196 valence electrons. The lowest BCUT2D eigenvalue weighted by molar-refractivity contribution is 0.0875. The summed E-state index contributed by atoms with van der Waals surface area (Å²) in [5.41, 5.74) is 4.57. The predicted molar refractivity (Wildman–Crippen MR) is 136 cm³/mol. The second-order valence-corrected chi connectivity index (χ2v) is 9.09. The van der Waals surface area contributed by atoms with E-state index in [4.69, 9.17) is 23.7 Å². The average Bonchev–Trinajstić information content (AvgIpc) is 2.91. The first-order chi connectivity index (χ1) is 17.9. The van der Waals surface area contributed by atoms with Crippen LogP contribution in [0.3, 0.4) is 0 Å². The highest BCUT2D eigenvalue weighted by Gasteiger charge is 2.37. The molecular formula is C28H31NO8. The number of phenols is 2. The number of nitrogens with one attached hydrogen (secondary N) is 1. The van der Waals surface area contributed by atoms with Crippen molar-refractivity contribution >= 4 is 0 Å². The molecule has 0 aromatic heterocycles. The second kappa shape index (κ2) is 9.91. The van der Waals surface area contributed by atoms with Crippen LogP contribution in [-0.4, -0.2) is 57.0 Å². The Morgan fingerprint density at radius 2 is 1.59 bits per heavy atom. The van der Waals surface area contributed by atoms with Gasteiger partial charge in [0.15, 0.2) is 11.5 Å². The molecule has 9 heteroatoms. The molecule has 0 fully saturated rings. The third-order valence-corrected chi connectivity index (χ3v) is 7.12. The lowest BCUT2D eigenvalue weighted by Gasteiger charge is -2.35. The maximum absolute atomic E-state index is 11.7. The van der Waals surface area contributed by atoms with E-state index in [2.05, 4.69) is 5.32 Å². The minimum Gasteiger partial charge on any atom is -0.507 e. The Balaban J connectivity index is 1.63. The molecule has 37 heavy (non-hydrogen) atoms. The van der Waals surface area contributed by atoms with E-state index in [1.54, 1.807) is 32.4 Å². The van der Waals surface area contributed by atoms with Gasteiger partial charge in [-0.25, -0.2) is 0 Å². The van der Waals surface area contributed by atoms with Gasteiger partial charge in [0.05, 0.1) is 34.0 Å². The maximum Gasteiger partial charge on any atom is 0.200 e. The average molecular weight is 510 g/mol. The quantitative estimate of drug-likeness (QED) is 0.354. The highest BCUT2D eigenvalue weighted by atomic mass is 16.5. The zero-order valence-electron chi connectivity index (χ0n) is 21.3. The van der Waals surface area contributed by atoms with E-state index in [-0.39, 0.29) is 29.6 Å². The second-order valence-electron chi connectivity index (χ2n) is 9.09. The summed E-state index contributed by atoms with van der Waals surface area (Å²) in [5, 5.41) is 36.1. The van der Waals surface area contributed by atoms with Gasteiger partial charge in [-0.1, -0.05) is 0 Å². The van der Waals surface area contributed by atoms with Crippen LogP contribution in [0.5, 0.6) is 40.2 Å². The Kier molecular flexibility index (Phi) is 6.66. The Hall–Kier alpha value is -3.82. The summed E-state index contributed by atoms with van der Waals surface area (Å²) in [4.78, 5) is 0. The number of aliphatic hydroxyl groups excluding tert-OH is 1. The van der Waals surface area contributed by atoms with Crippen molar-refractivity contribution in [2.75, 3.05) is 41.7 Å². The van der Waals surface area contributed by atoms with Crippen LogP contribution < -0.4 is 29.0 Å². The molecule has 0 saturated carbocycles. The Labute approximate surface area is 215 Å². The van der Waals surface area contributed by atoms with Crippen molar-refractivity contribution in [2.24, 2.45) is 0 Å². The summed E-state index contributed by atoms with van der Waals surface area (Å²) < 4.78 is 28.1. The van der Waals surface area contributed by atoms with Gasteiger partial charge in [0.2, 0.25) is 5.75 Å². The first-order valence-corrected chi connectivity index (χ1v) is 12.0. The van der Waals surface area contributed by atoms with E-state index >= 15 is 0 Å². The molecule has 0 saturated heterocycles. The maximum atomic E-state index is 11.7. The summed E-state index contributed by atoms with van der Waals surface area (Å²) in [6.45, 7) is 0.495. The van der Waals surface area contributed by atoms with E-state index in [1.807, 2.05) is 12.1 Å². The van der Waals surface area contributed by atoms with Gasteiger partial charge >= 0.3 is 0 Å². The number of hydrogen-bond donors (Lipinski definition) is 4. The first-order valence-electron chi connectivity index (χ1n) is 12.0. The molecule has 1 aliphatic heterocycles. The Bertz CT molecular complexity index is 1310. The first kappa shape index (κ1) is 24.9. The van der Waals surface area contributed by atoms with E-state index in [0.717, 1.165) is 16.7 Å². The molecule has 4 N–H and O–H groups in total. The molecule has 9 nitrogen and oxygen atoms in total. The van der Waals surface area contributed by atoms with Crippen LogP contribution in [0.4, 0.5) is 0 Å². The van der Waals surface area contributed by atoms with Crippen LogP contribution in [0.25, 0.3) is 11.1 Å². The van der Waals surface area contributed by atoms with Crippen LogP contribution >= 0.6 is 0 Å². The van der Waals surface area contributed by atoms with Crippen molar-refractivity contribution in [3.63, 3.8) is 0 Å². The lowest BCUT2D eigenvalue weighted by Crippen LogP contribution is -2.26.